The summed E-state index contributed by atoms with van der Waals surface area (Å²) in [5.74, 6) is 0. The highest BCUT2D eigenvalue weighted by molar-refractivity contribution is 9.10. The second-order valence-electron chi connectivity index (χ2n) is 3.23. The molecule has 0 spiro atoms. The Balaban J connectivity index is 2.41. The summed E-state index contributed by atoms with van der Waals surface area (Å²) in [6.45, 7) is 0. The van der Waals surface area contributed by atoms with Crippen molar-refractivity contribution >= 4 is 61.4 Å². The molecule has 0 saturated heterocycles. The minimum Gasteiger partial charge on any atom is -0.345 e. The fourth-order valence-electron chi connectivity index (χ4n) is 1.25. The Morgan fingerprint density at radius 3 is 2.56 bits per heavy atom. The first-order valence-corrected chi connectivity index (χ1v) is 6.92. The van der Waals surface area contributed by atoms with Gasteiger partial charge in [0.1, 0.15) is 11.1 Å². The fourth-order valence-corrected chi connectivity index (χ4v) is 2.67. The zero-order valence-corrected chi connectivity index (χ0v) is 12.5. The Kier molecular flexibility index (Phi) is 3.97. The number of nitrogens with one attached hydrogen (secondary N) is 2. The van der Waals surface area contributed by atoms with Gasteiger partial charge in [-0.05, 0) is 39.6 Å². The quantitative estimate of drug-likeness (QED) is 0.787. The molecule has 0 aliphatic carbocycles. The van der Waals surface area contributed by atoms with Crippen LogP contribution in [0.5, 0.6) is 0 Å². The molecule has 0 bridgehead atoms. The van der Waals surface area contributed by atoms with E-state index in [0.29, 0.717) is 25.2 Å². The van der Waals surface area contributed by atoms with Crippen molar-refractivity contribution in [3.8, 4) is 6.07 Å². The normalized spacial score (nSPS) is 10.1. The second-order valence-corrected chi connectivity index (χ2v) is 5.65. The summed E-state index contributed by atoms with van der Waals surface area (Å²) in [7, 11) is 0. The Morgan fingerprint density at radius 2 is 2.00 bits per heavy atom. The predicted octanol–water partition coefficient (Wildman–Crippen LogP) is 4.12. The smallest absolute Gasteiger partial charge is 0.278 e. The number of halogens is 3. The van der Waals surface area contributed by atoms with Crippen LogP contribution in [0.25, 0.3) is 0 Å². The minimum atomic E-state index is -0.417. The summed E-state index contributed by atoms with van der Waals surface area (Å²) in [5.41, 5.74) is 0.217. The third kappa shape index (κ3) is 2.54. The van der Waals surface area contributed by atoms with Crippen LogP contribution in [-0.4, -0.2) is 4.37 Å². The summed E-state index contributed by atoms with van der Waals surface area (Å²) in [4.78, 5) is 11.3. The van der Waals surface area contributed by atoms with E-state index in [2.05, 4.69) is 25.6 Å². The number of hydrogen-bond donors (Lipinski definition) is 2. The van der Waals surface area contributed by atoms with Crippen LogP contribution in [0.4, 0.5) is 10.7 Å². The summed E-state index contributed by atoms with van der Waals surface area (Å²) in [5, 5.41) is 13.1. The van der Waals surface area contributed by atoms with Crippen molar-refractivity contribution in [3.05, 3.63) is 42.6 Å². The number of nitriles is 1. The topological polar surface area (TPSA) is 68.7 Å². The molecule has 0 radical (unpaired) electrons. The molecule has 1 heterocycles. The van der Waals surface area contributed by atoms with Gasteiger partial charge in [-0.2, -0.15) is 5.26 Å². The maximum absolute atomic E-state index is 11.3. The molecule has 8 heteroatoms. The van der Waals surface area contributed by atoms with Gasteiger partial charge in [0.05, 0.1) is 14.5 Å². The van der Waals surface area contributed by atoms with Crippen LogP contribution < -0.4 is 10.9 Å². The molecular formula is C10H4BrCl2N3OS. The van der Waals surface area contributed by atoms with Crippen LogP contribution in [0.2, 0.25) is 10.0 Å². The lowest BCUT2D eigenvalue weighted by Gasteiger charge is -2.06. The maximum atomic E-state index is 11.3. The van der Waals surface area contributed by atoms with Gasteiger partial charge in [-0.25, -0.2) is 0 Å². The van der Waals surface area contributed by atoms with Crippen molar-refractivity contribution in [2.24, 2.45) is 0 Å². The molecule has 0 fully saturated rings. The van der Waals surface area contributed by atoms with Crippen LogP contribution in [-0.2, 0) is 0 Å². The molecule has 1 aromatic carbocycles. The predicted molar refractivity (Wildman–Crippen MR) is 77.1 cm³/mol. The fraction of sp³-hybridized carbons (Fsp3) is 0. The molecule has 92 valence electrons. The molecule has 0 aliphatic rings. The van der Waals surface area contributed by atoms with Gasteiger partial charge in [0.2, 0.25) is 0 Å². The Bertz CT molecular complexity index is 681. The van der Waals surface area contributed by atoms with Gasteiger partial charge in [0, 0.05) is 5.69 Å². The number of benzene rings is 1. The van der Waals surface area contributed by atoms with Gasteiger partial charge in [-0.1, -0.05) is 23.2 Å². The summed E-state index contributed by atoms with van der Waals surface area (Å²) in [6.07, 6.45) is 0. The van der Waals surface area contributed by atoms with Crippen LogP contribution in [0.1, 0.15) is 5.56 Å². The number of rotatable bonds is 2. The number of anilines is 2. The molecule has 0 saturated carbocycles. The average Bonchev–Trinajstić information content (AvgIpc) is 2.66. The molecule has 2 aromatic rings. The van der Waals surface area contributed by atoms with Crippen molar-refractivity contribution in [1.29, 1.82) is 5.26 Å². The van der Waals surface area contributed by atoms with E-state index in [1.807, 2.05) is 6.07 Å². The van der Waals surface area contributed by atoms with Crippen LogP contribution in [0, 0.1) is 11.3 Å². The van der Waals surface area contributed by atoms with E-state index in [9.17, 15) is 4.79 Å². The lowest BCUT2D eigenvalue weighted by atomic mass is 10.3. The summed E-state index contributed by atoms with van der Waals surface area (Å²) < 4.78 is 3.07. The second kappa shape index (κ2) is 5.33. The molecule has 0 aliphatic heterocycles. The van der Waals surface area contributed by atoms with Crippen molar-refractivity contribution in [2.45, 2.75) is 0 Å². The Labute approximate surface area is 124 Å². The molecule has 0 amide bonds. The highest BCUT2D eigenvalue weighted by atomic mass is 79.9. The van der Waals surface area contributed by atoms with Gasteiger partial charge < -0.3 is 5.32 Å². The Hall–Kier alpha value is -1.00. The van der Waals surface area contributed by atoms with Crippen molar-refractivity contribution < 1.29 is 0 Å². The highest BCUT2D eigenvalue weighted by Crippen LogP contribution is 2.35. The molecule has 0 atom stereocenters. The van der Waals surface area contributed by atoms with Crippen LogP contribution >= 0.6 is 50.7 Å². The summed E-state index contributed by atoms with van der Waals surface area (Å²) >= 11 is 16.2. The highest BCUT2D eigenvalue weighted by Gasteiger charge is 2.11. The lowest BCUT2D eigenvalue weighted by molar-refractivity contribution is 1.38. The van der Waals surface area contributed by atoms with Gasteiger partial charge >= 0.3 is 0 Å². The Morgan fingerprint density at radius 1 is 1.39 bits per heavy atom. The molecule has 2 N–H and O–H groups in total. The third-order valence-corrected chi connectivity index (χ3v) is 4.76. The van der Waals surface area contributed by atoms with E-state index >= 15 is 0 Å². The minimum absolute atomic E-state index is 0.0372. The van der Waals surface area contributed by atoms with E-state index < -0.39 is 5.56 Å². The van der Waals surface area contributed by atoms with Crippen LogP contribution in [0.15, 0.2) is 21.4 Å². The SMILES string of the molecule is N#Cc1c(Nc2cc(Cl)c(Br)c(Cl)c2)s[nH]c1=O. The van der Waals surface area contributed by atoms with Crippen molar-refractivity contribution in [2.75, 3.05) is 5.32 Å². The van der Waals surface area contributed by atoms with Crippen LogP contribution in [0.3, 0.4) is 0 Å². The average molecular weight is 365 g/mol. The van der Waals surface area contributed by atoms with E-state index in [1.54, 1.807) is 12.1 Å². The number of hydrogen-bond acceptors (Lipinski definition) is 4. The molecule has 4 nitrogen and oxygen atoms in total. The van der Waals surface area contributed by atoms with E-state index in [4.69, 9.17) is 28.5 Å². The van der Waals surface area contributed by atoms with Gasteiger partial charge in [0.15, 0.2) is 5.56 Å². The van der Waals surface area contributed by atoms with Gasteiger partial charge in [-0.15, -0.1) is 0 Å². The monoisotopic (exact) mass is 363 g/mol. The molecule has 0 unspecified atom stereocenters. The molecular weight excluding hydrogens is 361 g/mol. The first-order chi connectivity index (χ1) is 8.52. The first-order valence-electron chi connectivity index (χ1n) is 4.56. The number of nitrogens with zero attached hydrogens (tertiary/aromatic N) is 1. The largest absolute Gasteiger partial charge is 0.345 e. The van der Waals surface area contributed by atoms with E-state index in [-0.39, 0.29) is 5.56 Å². The number of aromatic amines is 1. The third-order valence-electron chi connectivity index (χ3n) is 2.05. The first kappa shape index (κ1) is 13.4. The lowest BCUT2D eigenvalue weighted by Crippen LogP contribution is -2.02. The zero-order valence-electron chi connectivity index (χ0n) is 8.55. The standard InChI is InChI=1S/C10H4BrCl2N3OS/c11-8-6(12)1-4(2-7(8)13)15-10-5(3-14)9(17)16-18-10/h1-2,15H,(H,16,17). The van der Waals surface area contributed by atoms with E-state index in [1.165, 1.54) is 0 Å². The van der Waals surface area contributed by atoms with Crippen molar-refractivity contribution in [3.63, 3.8) is 0 Å². The van der Waals surface area contributed by atoms with Gasteiger partial charge in [0.25, 0.3) is 5.56 Å². The number of aromatic nitrogens is 1. The summed E-state index contributed by atoms with van der Waals surface area (Å²) in [6, 6.07) is 5.12. The zero-order chi connectivity index (χ0) is 13.3. The van der Waals surface area contributed by atoms with Gasteiger partial charge in [-0.3, -0.25) is 9.17 Å². The molecule has 2 rings (SSSR count). The van der Waals surface area contributed by atoms with E-state index in [0.717, 1.165) is 11.5 Å². The number of H-pyrrole nitrogens is 1. The molecule has 18 heavy (non-hydrogen) atoms. The van der Waals surface area contributed by atoms with Crippen molar-refractivity contribution in [1.82, 2.24) is 4.37 Å². The molecule has 1 aromatic heterocycles. The maximum Gasteiger partial charge on any atom is 0.278 e.